The molecule has 2 N–H and O–H groups in total. The number of nitrogens with one attached hydrogen (secondary N) is 1. The first-order valence-corrected chi connectivity index (χ1v) is 7.80. The van der Waals surface area contributed by atoms with E-state index >= 15 is 0 Å². The standard InChI is InChI=1S/C18H21N3O2/c1-12-9-13(2)21(20-12)17-7-4-15(5-8-17)18(23)19-16-6-3-14(10-16)11-22/h3-9,14,16,22H,10-11H2,1-2H3,(H,19,23)/t14-,16+/m0/s1. The second-order valence-electron chi connectivity index (χ2n) is 6.03. The number of aliphatic hydroxyl groups excluding tert-OH is 1. The highest BCUT2D eigenvalue weighted by Crippen LogP contribution is 2.18. The van der Waals surface area contributed by atoms with E-state index in [9.17, 15) is 4.79 Å². The molecule has 23 heavy (non-hydrogen) atoms. The second kappa shape index (κ2) is 6.38. The summed E-state index contributed by atoms with van der Waals surface area (Å²) in [6.07, 6.45) is 4.66. The third kappa shape index (κ3) is 3.35. The van der Waals surface area contributed by atoms with E-state index in [0.717, 1.165) is 23.5 Å². The lowest BCUT2D eigenvalue weighted by atomic mass is 10.1. The van der Waals surface area contributed by atoms with Crippen LogP contribution in [0.3, 0.4) is 0 Å². The van der Waals surface area contributed by atoms with Crippen molar-refractivity contribution in [1.29, 1.82) is 0 Å². The molecule has 1 aromatic carbocycles. The van der Waals surface area contributed by atoms with Crippen molar-refractivity contribution in [2.45, 2.75) is 26.3 Å². The van der Waals surface area contributed by atoms with Crippen LogP contribution in [0.1, 0.15) is 28.2 Å². The smallest absolute Gasteiger partial charge is 0.251 e. The first kappa shape index (κ1) is 15.5. The van der Waals surface area contributed by atoms with Gasteiger partial charge in [0.2, 0.25) is 0 Å². The summed E-state index contributed by atoms with van der Waals surface area (Å²) in [6.45, 7) is 4.09. The quantitative estimate of drug-likeness (QED) is 0.850. The molecule has 1 aromatic heterocycles. The minimum absolute atomic E-state index is 0.00432. The Kier molecular flexibility index (Phi) is 4.30. The molecule has 2 atom stereocenters. The molecule has 1 heterocycles. The number of aryl methyl sites for hydroxylation is 2. The molecule has 3 rings (SSSR count). The van der Waals surface area contributed by atoms with Gasteiger partial charge in [0, 0.05) is 29.8 Å². The van der Waals surface area contributed by atoms with E-state index in [4.69, 9.17) is 5.11 Å². The van der Waals surface area contributed by atoms with Crippen LogP contribution in [0, 0.1) is 19.8 Å². The predicted molar refractivity (Wildman–Crippen MR) is 88.6 cm³/mol. The minimum atomic E-state index is -0.0989. The Hall–Kier alpha value is -2.40. The topological polar surface area (TPSA) is 67.2 Å². The number of amides is 1. The molecule has 5 heteroatoms. The van der Waals surface area contributed by atoms with E-state index in [1.54, 1.807) is 0 Å². The molecule has 0 aliphatic heterocycles. The summed E-state index contributed by atoms with van der Waals surface area (Å²) in [5.74, 6) is 0.0480. The first-order valence-electron chi connectivity index (χ1n) is 7.80. The predicted octanol–water partition coefficient (Wildman–Crippen LogP) is 2.16. The van der Waals surface area contributed by atoms with Crippen LogP contribution in [0.25, 0.3) is 5.69 Å². The number of hydrogen-bond acceptors (Lipinski definition) is 3. The molecule has 0 saturated carbocycles. The number of benzene rings is 1. The van der Waals surface area contributed by atoms with E-state index in [0.29, 0.717) is 5.56 Å². The molecule has 1 amide bonds. The fraction of sp³-hybridized carbons (Fsp3) is 0.333. The highest BCUT2D eigenvalue weighted by Gasteiger charge is 2.20. The van der Waals surface area contributed by atoms with Gasteiger partial charge in [0.15, 0.2) is 0 Å². The van der Waals surface area contributed by atoms with Crippen molar-refractivity contribution in [3.05, 3.63) is 59.4 Å². The monoisotopic (exact) mass is 311 g/mol. The lowest BCUT2D eigenvalue weighted by Gasteiger charge is -2.13. The van der Waals surface area contributed by atoms with Crippen LogP contribution in [0.2, 0.25) is 0 Å². The maximum atomic E-state index is 12.3. The fourth-order valence-electron chi connectivity index (χ4n) is 2.91. The number of aromatic nitrogens is 2. The summed E-state index contributed by atoms with van der Waals surface area (Å²) in [4.78, 5) is 12.3. The summed E-state index contributed by atoms with van der Waals surface area (Å²) in [7, 11) is 0. The molecule has 5 nitrogen and oxygen atoms in total. The zero-order valence-electron chi connectivity index (χ0n) is 13.4. The van der Waals surface area contributed by atoms with Gasteiger partial charge in [-0.15, -0.1) is 0 Å². The number of aliphatic hydroxyl groups is 1. The van der Waals surface area contributed by atoms with Crippen LogP contribution < -0.4 is 5.32 Å². The van der Waals surface area contributed by atoms with Crippen molar-refractivity contribution in [2.24, 2.45) is 5.92 Å². The van der Waals surface area contributed by atoms with Crippen molar-refractivity contribution < 1.29 is 9.90 Å². The lowest BCUT2D eigenvalue weighted by Crippen LogP contribution is -2.32. The number of rotatable bonds is 4. The third-order valence-corrected chi connectivity index (χ3v) is 4.11. The second-order valence-corrected chi connectivity index (χ2v) is 6.03. The van der Waals surface area contributed by atoms with Gasteiger partial charge in [-0.3, -0.25) is 4.79 Å². The fourth-order valence-corrected chi connectivity index (χ4v) is 2.91. The molecule has 2 aromatic rings. The maximum absolute atomic E-state index is 12.3. The number of carbonyl (C=O) groups excluding carboxylic acids is 1. The Morgan fingerprint density at radius 3 is 2.61 bits per heavy atom. The summed E-state index contributed by atoms with van der Waals surface area (Å²) in [6, 6.07) is 9.43. The van der Waals surface area contributed by atoms with Crippen molar-refractivity contribution in [1.82, 2.24) is 15.1 Å². The number of nitrogens with zero attached hydrogens (tertiary/aromatic N) is 2. The van der Waals surface area contributed by atoms with Crippen LogP contribution in [-0.2, 0) is 0 Å². The van der Waals surface area contributed by atoms with E-state index in [-0.39, 0.29) is 24.5 Å². The van der Waals surface area contributed by atoms with Crippen LogP contribution >= 0.6 is 0 Å². The average molecular weight is 311 g/mol. The van der Waals surface area contributed by atoms with Gasteiger partial charge in [0.25, 0.3) is 5.91 Å². The Balaban J connectivity index is 1.69. The molecule has 1 aliphatic rings. The van der Waals surface area contributed by atoms with Gasteiger partial charge in [-0.25, -0.2) is 4.68 Å². The van der Waals surface area contributed by atoms with E-state index in [1.165, 1.54) is 0 Å². The van der Waals surface area contributed by atoms with Gasteiger partial charge in [-0.05, 0) is 50.6 Å². The van der Waals surface area contributed by atoms with Crippen LogP contribution in [0.5, 0.6) is 0 Å². The Labute approximate surface area is 135 Å². The van der Waals surface area contributed by atoms with Gasteiger partial charge < -0.3 is 10.4 Å². The molecular weight excluding hydrogens is 290 g/mol. The Morgan fingerprint density at radius 1 is 1.30 bits per heavy atom. The van der Waals surface area contributed by atoms with Gasteiger partial charge >= 0.3 is 0 Å². The minimum Gasteiger partial charge on any atom is -0.396 e. The summed E-state index contributed by atoms with van der Waals surface area (Å²) < 4.78 is 1.86. The molecule has 0 radical (unpaired) electrons. The van der Waals surface area contributed by atoms with Crippen LogP contribution in [0.4, 0.5) is 0 Å². The van der Waals surface area contributed by atoms with Gasteiger partial charge in [-0.2, -0.15) is 5.10 Å². The zero-order chi connectivity index (χ0) is 16.4. The average Bonchev–Trinajstić information content (AvgIpc) is 3.13. The van der Waals surface area contributed by atoms with Crippen LogP contribution in [0.15, 0.2) is 42.5 Å². The highest BCUT2D eigenvalue weighted by atomic mass is 16.3. The molecule has 0 saturated heterocycles. The molecule has 120 valence electrons. The summed E-state index contributed by atoms with van der Waals surface area (Å²) in [5.41, 5.74) is 3.59. The molecule has 0 unspecified atom stereocenters. The molecule has 0 bridgehead atoms. The highest BCUT2D eigenvalue weighted by molar-refractivity contribution is 5.94. The lowest BCUT2D eigenvalue weighted by molar-refractivity contribution is 0.0941. The van der Waals surface area contributed by atoms with Crippen LogP contribution in [-0.4, -0.2) is 33.4 Å². The van der Waals surface area contributed by atoms with E-state index in [1.807, 2.05) is 61.0 Å². The van der Waals surface area contributed by atoms with Crippen molar-refractivity contribution in [3.8, 4) is 5.69 Å². The maximum Gasteiger partial charge on any atom is 0.251 e. The third-order valence-electron chi connectivity index (χ3n) is 4.11. The zero-order valence-corrected chi connectivity index (χ0v) is 13.4. The molecule has 0 spiro atoms. The van der Waals surface area contributed by atoms with Crippen molar-refractivity contribution >= 4 is 5.91 Å². The molecular formula is C18H21N3O2. The Bertz CT molecular complexity index is 731. The van der Waals surface area contributed by atoms with Crippen molar-refractivity contribution in [3.63, 3.8) is 0 Å². The number of carbonyl (C=O) groups is 1. The van der Waals surface area contributed by atoms with Gasteiger partial charge in [0.1, 0.15) is 0 Å². The van der Waals surface area contributed by atoms with Gasteiger partial charge in [-0.1, -0.05) is 12.2 Å². The van der Waals surface area contributed by atoms with Gasteiger partial charge in [0.05, 0.1) is 11.4 Å². The summed E-state index contributed by atoms with van der Waals surface area (Å²) in [5, 5.41) is 16.5. The largest absolute Gasteiger partial charge is 0.396 e. The van der Waals surface area contributed by atoms with E-state index in [2.05, 4.69) is 10.4 Å². The van der Waals surface area contributed by atoms with Crippen molar-refractivity contribution in [2.75, 3.05) is 6.61 Å². The molecule has 1 aliphatic carbocycles. The normalized spacial score (nSPS) is 20.0. The SMILES string of the molecule is Cc1cc(C)n(-c2ccc(C(=O)N[C@@H]3C=C[C@H](CO)C3)cc2)n1. The first-order chi connectivity index (χ1) is 11.1. The number of hydrogen-bond donors (Lipinski definition) is 2. The molecule has 0 fully saturated rings. The Morgan fingerprint density at radius 2 is 2.04 bits per heavy atom. The summed E-state index contributed by atoms with van der Waals surface area (Å²) >= 11 is 0. The van der Waals surface area contributed by atoms with E-state index < -0.39 is 0 Å².